The summed E-state index contributed by atoms with van der Waals surface area (Å²) in [6.45, 7) is 0.687. The first-order valence-corrected chi connectivity index (χ1v) is 5.10. The molecule has 2 rings (SSSR count). The zero-order valence-corrected chi connectivity index (χ0v) is 8.15. The number of hydrogen-bond acceptors (Lipinski definition) is 5. The zero-order valence-electron chi connectivity index (χ0n) is 8.15. The van der Waals surface area contributed by atoms with Crippen molar-refractivity contribution < 1.29 is 4.52 Å². The molecule has 1 aromatic heterocycles. The van der Waals surface area contributed by atoms with Crippen molar-refractivity contribution in [2.75, 3.05) is 12.3 Å². The average Bonchev–Trinajstić information content (AvgIpc) is 2.65. The van der Waals surface area contributed by atoms with E-state index >= 15 is 0 Å². The molecular weight excluding hydrogens is 180 g/mol. The number of rotatable bonds is 2. The first-order valence-electron chi connectivity index (χ1n) is 5.10. The first kappa shape index (κ1) is 9.45. The van der Waals surface area contributed by atoms with Gasteiger partial charge in [-0.05, 0) is 30.5 Å². The normalized spacial score (nSPS) is 27.8. The quantitative estimate of drug-likeness (QED) is 0.732. The Labute approximate surface area is 82.8 Å². The third kappa shape index (κ3) is 1.72. The van der Waals surface area contributed by atoms with Crippen molar-refractivity contribution in [3.05, 3.63) is 5.89 Å². The summed E-state index contributed by atoms with van der Waals surface area (Å²) in [5, 5.41) is 3.61. The van der Waals surface area contributed by atoms with Gasteiger partial charge in [0.05, 0.1) is 0 Å². The van der Waals surface area contributed by atoms with Gasteiger partial charge >= 0.3 is 0 Å². The van der Waals surface area contributed by atoms with Gasteiger partial charge in [-0.15, -0.1) is 0 Å². The molecule has 5 nitrogen and oxygen atoms in total. The Morgan fingerprint density at radius 3 is 2.79 bits per heavy atom. The molecular formula is C9H16N4O. The van der Waals surface area contributed by atoms with E-state index in [9.17, 15) is 0 Å². The molecule has 1 aromatic rings. The van der Waals surface area contributed by atoms with Crippen LogP contribution in [0.25, 0.3) is 0 Å². The molecule has 2 unspecified atom stereocenters. The molecule has 78 valence electrons. The summed E-state index contributed by atoms with van der Waals surface area (Å²) in [6, 6.07) is 0. The fourth-order valence-corrected chi connectivity index (χ4v) is 2.21. The van der Waals surface area contributed by atoms with Crippen molar-refractivity contribution >= 4 is 5.95 Å². The predicted octanol–water partition coefficient (Wildman–Crippen LogP) is 0.884. The average molecular weight is 196 g/mol. The minimum absolute atomic E-state index is 0.223. The highest BCUT2D eigenvalue weighted by Gasteiger charge is 2.29. The lowest BCUT2D eigenvalue weighted by Gasteiger charge is -2.27. The Bertz CT molecular complexity index is 299. The largest absolute Gasteiger partial charge is 0.365 e. The molecule has 1 aliphatic rings. The molecule has 1 saturated carbocycles. The standard InChI is InChI=1S/C9H16N4O/c10-5-6-3-1-2-4-7(6)8-12-9(11)13-14-8/h6-7H,1-5,10H2,(H2,11,13). The first-order chi connectivity index (χ1) is 6.81. The molecule has 0 saturated heterocycles. The topological polar surface area (TPSA) is 91.0 Å². The van der Waals surface area contributed by atoms with Gasteiger partial charge in [0.25, 0.3) is 5.95 Å². The second-order valence-electron chi connectivity index (χ2n) is 3.88. The van der Waals surface area contributed by atoms with Gasteiger partial charge in [-0.2, -0.15) is 4.98 Å². The summed E-state index contributed by atoms with van der Waals surface area (Å²) in [4.78, 5) is 4.08. The Hall–Kier alpha value is -1.10. The Morgan fingerprint density at radius 1 is 1.36 bits per heavy atom. The minimum Gasteiger partial charge on any atom is -0.365 e. The highest BCUT2D eigenvalue weighted by atomic mass is 16.5. The molecule has 0 bridgehead atoms. The second kappa shape index (κ2) is 3.96. The number of anilines is 1. The fourth-order valence-electron chi connectivity index (χ4n) is 2.21. The third-order valence-corrected chi connectivity index (χ3v) is 2.99. The highest BCUT2D eigenvalue weighted by molar-refractivity contribution is 5.13. The van der Waals surface area contributed by atoms with E-state index in [-0.39, 0.29) is 5.95 Å². The van der Waals surface area contributed by atoms with Crippen LogP contribution >= 0.6 is 0 Å². The van der Waals surface area contributed by atoms with E-state index in [0.29, 0.717) is 24.3 Å². The molecule has 4 N–H and O–H groups in total. The molecule has 0 aromatic carbocycles. The lowest BCUT2D eigenvalue weighted by atomic mass is 9.79. The van der Waals surface area contributed by atoms with Crippen LogP contribution in [0.4, 0.5) is 5.95 Å². The van der Waals surface area contributed by atoms with E-state index in [0.717, 1.165) is 12.8 Å². The number of nitrogens with zero attached hydrogens (tertiary/aromatic N) is 2. The van der Waals surface area contributed by atoms with Crippen LogP contribution in [0.1, 0.15) is 37.5 Å². The van der Waals surface area contributed by atoms with Crippen molar-refractivity contribution in [3.8, 4) is 0 Å². The molecule has 0 amide bonds. The van der Waals surface area contributed by atoms with Crippen LogP contribution in [-0.4, -0.2) is 16.7 Å². The van der Waals surface area contributed by atoms with Crippen LogP contribution in [0.15, 0.2) is 4.52 Å². The van der Waals surface area contributed by atoms with Gasteiger partial charge in [-0.3, -0.25) is 0 Å². The second-order valence-corrected chi connectivity index (χ2v) is 3.88. The molecule has 0 radical (unpaired) electrons. The molecule has 1 aliphatic carbocycles. The van der Waals surface area contributed by atoms with Crippen molar-refractivity contribution in [2.24, 2.45) is 11.7 Å². The Morgan fingerprint density at radius 2 is 2.14 bits per heavy atom. The van der Waals surface area contributed by atoms with Crippen LogP contribution in [0, 0.1) is 5.92 Å². The summed E-state index contributed by atoms with van der Waals surface area (Å²) in [5.41, 5.74) is 11.1. The van der Waals surface area contributed by atoms with E-state index in [1.165, 1.54) is 12.8 Å². The SMILES string of the molecule is NCC1CCCCC1c1nc(N)no1. The lowest BCUT2D eigenvalue weighted by molar-refractivity contribution is 0.249. The van der Waals surface area contributed by atoms with Gasteiger partial charge in [0.1, 0.15) is 0 Å². The maximum absolute atomic E-state index is 5.72. The number of hydrogen-bond donors (Lipinski definition) is 2. The van der Waals surface area contributed by atoms with Crippen molar-refractivity contribution in [2.45, 2.75) is 31.6 Å². The van der Waals surface area contributed by atoms with Crippen LogP contribution in [-0.2, 0) is 0 Å². The highest BCUT2D eigenvalue weighted by Crippen LogP contribution is 2.36. The summed E-state index contributed by atoms with van der Waals surface area (Å²) >= 11 is 0. The monoisotopic (exact) mass is 196 g/mol. The Balaban J connectivity index is 2.14. The molecule has 5 heteroatoms. The van der Waals surface area contributed by atoms with E-state index < -0.39 is 0 Å². The van der Waals surface area contributed by atoms with Gasteiger partial charge in [0, 0.05) is 5.92 Å². The van der Waals surface area contributed by atoms with Crippen LogP contribution < -0.4 is 11.5 Å². The minimum atomic E-state index is 0.223. The lowest BCUT2D eigenvalue weighted by Crippen LogP contribution is -2.25. The maximum atomic E-state index is 5.72. The summed E-state index contributed by atoms with van der Waals surface area (Å²) in [5.74, 6) is 1.68. The number of nitrogens with two attached hydrogens (primary N) is 2. The molecule has 14 heavy (non-hydrogen) atoms. The van der Waals surface area contributed by atoms with Crippen molar-refractivity contribution in [1.29, 1.82) is 0 Å². The van der Waals surface area contributed by atoms with Crippen LogP contribution in [0.3, 0.4) is 0 Å². The van der Waals surface area contributed by atoms with Gasteiger partial charge < -0.3 is 16.0 Å². The van der Waals surface area contributed by atoms with E-state index in [1.54, 1.807) is 0 Å². The molecule has 2 atom stereocenters. The number of nitrogen functional groups attached to an aromatic ring is 1. The summed E-state index contributed by atoms with van der Waals surface area (Å²) in [6.07, 6.45) is 4.71. The Kier molecular flexibility index (Phi) is 2.67. The van der Waals surface area contributed by atoms with Crippen LogP contribution in [0.2, 0.25) is 0 Å². The molecule has 1 heterocycles. The van der Waals surface area contributed by atoms with E-state index in [4.69, 9.17) is 16.0 Å². The van der Waals surface area contributed by atoms with Gasteiger partial charge in [0.15, 0.2) is 0 Å². The molecule has 0 aliphatic heterocycles. The zero-order chi connectivity index (χ0) is 9.97. The van der Waals surface area contributed by atoms with Crippen molar-refractivity contribution in [1.82, 2.24) is 10.1 Å². The molecule has 1 fully saturated rings. The summed E-state index contributed by atoms with van der Waals surface area (Å²) < 4.78 is 5.09. The predicted molar refractivity (Wildman–Crippen MR) is 52.5 cm³/mol. The molecule has 0 spiro atoms. The third-order valence-electron chi connectivity index (χ3n) is 2.99. The summed E-state index contributed by atoms with van der Waals surface area (Å²) in [7, 11) is 0. The van der Waals surface area contributed by atoms with Gasteiger partial charge in [-0.1, -0.05) is 12.8 Å². The van der Waals surface area contributed by atoms with E-state index in [1.807, 2.05) is 0 Å². The maximum Gasteiger partial charge on any atom is 0.260 e. The van der Waals surface area contributed by atoms with Crippen LogP contribution in [0.5, 0.6) is 0 Å². The smallest absolute Gasteiger partial charge is 0.260 e. The van der Waals surface area contributed by atoms with E-state index in [2.05, 4.69) is 10.1 Å². The number of aromatic nitrogens is 2. The van der Waals surface area contributed by atoms with Crippen molar-refractivity contribution in [3.63, 3.8) is 0 Å². The fraction of sp³-hybridized carbons (Fsp3) is 0.778. The van der Waals surface area contributed by atoms with Gasteiger partial charge in [0.2, 0.25) is 5.89 Å². The van der Waals surface area contributed by atoms with Gasteiger partial charge in [-0.25, -0.2) is 0 Å².